The lowest BCUT2D eigenvalue weighted by atomic mass is 10.0. The van der Waals surface area contributed by atoms with Crippen molar-refractivity contribution in [3.63, 3.8) is 0 Å². The number of nitrogens with two attached hydrogens (primary N) is 1. The maximum Gasteiger partial charge on any atom is 0.409 e. The number of aliphatic hydroxyl groups excluding tert-OH is 1. The number of hydrogen-bond acceptors (Lipinski definition) is 7. The number of benzene rings is 2. The van der Waals surface area contributed by atoms with Crippen LogP contribution in [0.3, 0.4) is 0 Å². The van der Waals surface area contributed by atoms with Crippen LogP contribution >= 0.6 is 0 Å². The van der Waals surface area contributed by atoms with Crippen LogP contribution in [-0.4, -0.2) is 63.1 Å². The predicted octanol–water partition coefficient (Wildman–Crippen LogP) is 2.22. The fourth-order valence-electron chi connectivity index (χ4n) is 3.26. The summed E-state index contributed by atoms with van der Waals surface area (Å²) in [5.74, 6) is 0.00737. The molecular formula is C23H33N3O6S. The fourth-order valence-corrected chi connectivity index (χ4v) is 4.88. The second-order valence-corrected chi connectivity index (χ2v) is 10.1. The molecular weight excluding hydrogens is 446 g/mol. The van der Waals surface area contributed by atoms with Gasteiger partial charge in [-0.05, 0) is 42.2 Å². The summed E-state index contributed by atoms with van der Waals surface area (Å²) >= 11 is 0. The summed E-state index contributed by atoms with van der Waals surface area (Å²) in [5.41, 5.74) is 7.01. The van der Waals surface area contributed by atoms with Crippen LogP contribution in [0, 0.1) is 5.92 Å². The highest BCUT2D eigenvalue weighted by Crippen LogP contribution is 2.20. The van der Waals surface area contributed by atoms with Gasteiger partial charge in [0.25, 0.3) is 0 Å². The third kappa shape index (κ3) is 8.32. The molecule has 0 aliphatic heterocycles. The molecule has 0 aliphatic carbocycles. The van der Waals surface area contributed by atoms with Crippen molar-refractivity contribution in [2.75, 3.05) is 32.7 Å². The van der Waals surface area contributed by atoms with Gasteiger partial charge in [0.2, 0.25) is 10.0 Å². The normalized spacial score (nSPS) is 13.6. The number of aliphatic hydroxyl groups is 1. The Hall–Kier alpha value is -2.66. The summed E-state index contributed by atoms with van der Waals surface area (Å²) in [5, 5.41) is 13.7. The first-order valence-electron chi connectivity index (χ1n) is 10.6. The van der Waals surface area contributed by atoms with Gasteiger partial charge in [0.15, 0.2) is 6.79 Å². The van der Waals surface area contributed by atoms with Crippen LogP contribution in [0.5, 0.6) is 0 Å². The number of ether oxygens (including phenoxy) is 2. The molecule has 0 saturated heterocycles. The topological polar surface area (TPSA) is 131 Å². The van der Waals surface area contributed by atoms with Crippen LogP contribution in [-0.2, 0) is 25.9 Å². The first-order chi connectivity index (χ1) is 15.6. The molecule has 0 fully saturated rings. The molecule has 2 atom stereocenters. The zero-order valence-corrected chi connectivity index (χ0v) is 20.0. The number of nitrogens with zero attached hydrogens (tertiary/aromatic N) is 1. The SMILES string of the molecule is COCOC(=O)NC(Cc1ccccc1)C(O)CN(CC(C)C)S(=O)(=O)c1ccc(N)cc1. The molecule has 0 radical (unpaired) electrons. The quantitative estimate of drug-likeness (QED) is 0.314. The molecule has 0 spiro atoms. The van der Waals surface area contributed by atoms with Crippen LogP contribution in [0.25, 0.3) is 0 Å². The average molecular weight is 480 g/mol. The van der Waals surface area contributed by atoms with Crippen molar-refractivity contribution in [3.05, 3.63) is 60.2 Å². The van der Waals surface area contributed by atoms with Gasteiger partial charge in [0.1, 0.15) is 0 Å². The van der Waals surface area contributed by atoms with E-state index in [1.165, 1.54) is 35.7 Å². The van der Waals surface area contributed by atoms with E-state index in [0.717, 1.165) is 5.56 Å². The van der Waals surface area contributed by atoms with Gasteiger partial charge in [-0.3, -0.25) is 0 Å². The molecule has 0 aliphatic rings. The van der Waals surface area contributed by atoms with Crippen LogP contribution in [0.15, 0.2) is 59.5 Å². The maximum absolute atomic E-state index is 13.3. The highest BCUT2D eigenvalue weighted by Gasteiger charge is 2.31. The molecule has 0 saturated carbocycles. The molecule has 182 valence electrons. The Morgan fingerprint density at radius 2 is 1.73 bits per heavy atom. The van der Waals surface area contributed by atoms with Gasteiger partial charge in [-0.15, -0.1) is 0 Å². The number of amides is 1. The molecule has 9 nitrogen and oxygen atoms in total. The number of nitrogens with one attached hydrogen (secondary N) is 1. The van der Waals surface area contributed by atoms with E-state index >= 15 is 0 Å². The first-order valence-corrected chi connectivity index (χ1v) is 12.1. The molecule has 0 bridgehead atoms. The number of anilines is 1. The Morgan fingerprint density at radius 3 is 2.30 bits per heavy atom. The van der Waals surface area contributed by atoms with Crippen molar-refractivity contribution < 1.29 is 27.8 Å². The third-order valence-electron chi connectivity index (χ3n) is 4.85. The van der Waals surface area contributed by atoms with E-state index in [-0.39, 0.29) is 37.1 Å². The minimum atomic E-state index is -3.90. The van der Waals surface area contributed by atoms with E-state index in [1.54, 1.807) is 0 Å². The summed E-state index contributed by atoms with van der Waals surface area (Å²) in [6.45, 7) is 3.51. The number of carbonyl (C=O) groups is 1. The smallest absolute Gasteiger partial charge is 0.409 e. The molecule has 4 N–H and O–H groups in total. The highest BCUT2D eigenvalue weighted by atomic mass is 32.2. The number of methoxy groups -OCH3 is 1. The molecule has 0 heterocycles. The zero-order chi connectivity index (χ0) is 24.4. The van der Waals surface area contributed by atoms with Gasteiger partial charge in [-0.1, -0.05) is 44.2 Å². The summed E-state index contributed by atoms with van der Waals surface area (Å²) in [7, 11) is -2.52. The fraction of sp³-hybridized carbons (Fsp3) is 0.435. The van der Waals surface area contributed by atoms with E-state index in [4.69, 9.17) is 15.2 Å². The first kappa shape index (κ1) is 26.6. The Bertz CT molecular complexity index is 967. The Kier molecular flexibility index (Phi) is 10.1. The number of sulfonamides is 1. The van der Waals surface area contributed by atoms with Gasteiger partial charge in [0.05, 0.1) is 17.0 Å². The summed E-state index contributed by atoms with van der Waals surface area (Å²) in [6.07, 6.45) is -1.70. The monoisotopic (exact) mass is 479 g/mol. The summed E-state index contributed by atoms with van der Waals surface area (Å²) in [4.78, 5) is 12.2. The van der Waals surface area contributed by atoms with Gasteiger partial charge in [0, 0.05) is 25.9 Å². The van der Waals surface area contributed by atoms with Gasteiger partial charge < -0.3 is 25.6 Å². The molecule has 33 heavy (non-hydrogen) atoms. The average Bonchev–Trinajstić information content (AvgIpc) is 2.77. The van der Waals surface area contributed by atoms with E-state index in [1.807, 2.05) is 44.2 Å². The van der Waals surface area contributed by atoms with E-state index in [0.29, 0.717) is 5.69 Å². The second-order valence-electron chi connectivity index (χ2n) is 8.13. The molecule has 1 amide bonds. The lowest BCUT2D eigenvalue weighted by Crippen LogP contribution is -2.51. The third-order valence-corrected chi connectivity index (χ3v) is 6.70. The van der Waals surface area contributed by atoms with Crippen molar-refractivity contribution >= 4 is 21.8 Å². The number of alkyl carbamates (subject to hydrolysis) is 1. The Labute approximate surface area is 195 Å². The van der Waals surface area contributed by atoms with E-state index in [2.05, 4.69) is 5.32 Å². The predicted molar refractivity (Wildman–Crippen MR) is 126 cm³/mol. The minimum Gasteiger partial charge on any atom is -0.422 e. The van der Waals surface area contributed by atoms with Crippen LogP contribution < -0.4 is 11.1 Å². The largest absolute Gasteiger partial charge is 0.422 e. The number of rotatable bonds is 12. The lowest BCUT2D eigenvalue weighted by Gasteiger charge is -2.30. The number of hydrogen-bond donors (Lipinski definition) is 3. The molecule has 10 heteroatoms. The van der Waals surface area contributed by atoms with Gasteiger partial charge in [-0.25, -0.2) is 13.2 Å². The highest BCUT2D eigenvalue weighted by molar-refractivity contribution is 7.89. The van der Waals surface area contributed by atoms with E-state index in [9.17, 15) is 18.3 Å². The lowest BCUT2D eigenvalue weighted by molar-refractivity contribution is 0.00685. The summed E-state index contributed by atoms with van der Waals surface area (Å²) < 4.78 is 37.5. The number of nitrogen functional groups attached to an aromatic ring is 1. The Balaban J connectivity index is 2.27. The zero-order valence-electron chi connectivity index (χ0n) is 19.2. The van der Waals surface area contributed by atoms with Gasteiger partial charge in [-0.2, -0.15) is 4.31 Å². The molecule has 2 aromatic carbocycles. The second kappa shape index (κ2) is 12.5. The van der Waals surface area contributed by atoms with Crippen molar-refractivity contribution in [2.45, 2.75) is 37.3 Å². The van der Waals surface area contributed by atoms with E-state index < -0.39 is 28.3 Å². The minimum absolute atomic E-state index is 0.00737. The standard InChI is InChI=1S/C23H33N3O6S/c1-17(2)14-26(33(29,30)20-11-9-19(24)10-12-20)15-22(27)21(25-23(28)32-16-31-3)13-18-7-5-4-6-8-18/h4-12,17,21-22,27H,13-16,24H2,1-3H3,(H,25,28). The summed E-state index contributed by atoms with van der Waals surface area (Å²) in [6, 6.07) is 14.4. The molecule has 0 aromatic heterocycles. The molecule has 2 aromatic rings. The van der Waals surface area contributed by atoms with Crippen molar-refractivity contribution in [1.29, 1.82) is 0 Å². The maximum atomic E-state index is 13.3. The molecule has 2 unspecified atom stereocenters. The Morgan fingerprint density at radius 1 is 1.09 bits per heavy atom. The van der Waals surface area contributed by atoms with Crippen LogP contribution in [0.2, 0.25) is 0 Å². The van der Waals surface area contributed by atoms with Crippen LogP contribution in [0.4, 0.5) is 10.5 Å². The molecule has 2 rings (SSSR count). The van der Waals surface area contributed by atoms with Crippen molar-refractivity contribution in [2.24, 2.45) is 5.92 Å². The van der Waals surface area contributed by atoms with Crippen molar-refractivity contribution in [3.8, 4) is 0 Å². The van der Waals surface area contributed by atoms with Crippen LogP contribution in [0.1, 0.15) is 19.4 Å². The van der Waals surface area contributed by atoms with Gasteiger partial charge >= 0.3 is 6.09 Å². The van der Waals surface area contributed by atoms with Crippen molar-refractivity contribution in [1.82, 2.24) is 9.62 Å². The number of carbonyl (C=O) groups excluding carboxylic acids is 1.